The van der Waals surface area contributed by atoms with Gasteiger partial charge < -0.3 is 15.4 Å². The summed E-state index contributed by atoms with van der Waals surface area (Å²) in [4.78, 5) is 29.7. The molecule has 6 nitrogen and oxygen atoms in total. The van der Waals surface area contributed by atoms with Gasteiger partial charge in [0.25, 0.3) is 5.91 Å². The minimum atomic E-state index is -1.41. The van der Waals surface area contributed by atoms with E-state index in [0.29, 0.717) is 5.56 Å². The van der Waals surface area contributed by atoms with Gasteiger partial charge in [-0.15, -0.1) is 23.2 Å². The highest BCUT2D eigenvalue weighted by Gasteiger charge is 2.67. The number of amides is 2. The van der Waals surface area contributed by atoms with Crippen LogP contribution in [0.1, 0.15) is 21.8 Å². The lowest BCUT2D eigenvalue weighted by molar-refractivity contribution is -0.117. The number of methoxy groups -OCH3 is 1. The summed E-state index contributed by atoms with van der Waals surface area (Å²) in [5, 5.41) is 5.38. The molecule has 1 saturated carbocycles. The van der Waals surface area contributed by atoms with Gasteiger partial charge >= 0.3 is 0 Å². The van der Waals surface area contributed by atoms with Crippen molar-refractivity contribution in [1.29, 1.82) is 0 Å². The molecule has 35 heavy (non-hydrogen) atoms. The normalized spacial score (nSPS) is 18.0. The van der Waals surface area contributed by atoms with Crippen LogP contribution < -0.4 is 15.4 Å². The van der Waals surface area contributed by atoms with Crippen LogP contribution in [0.25, 0.3) is 0 Å². The summed E-state index contributed by atoms with van der Waals surface area (Å²) in [6, 6.07) is 11.5. The van der Waals surface area contributed by atoms with Crippen LogP contribution in [0.5, 0.6) is 5.88 Å². The number of hydrogen-bond donors (Lipinski definition) is 2. The van der Waals surface area contributed by atoms with E-state index in [1.807, 2.05) is 0 Å². The molecule has 182 valence electrons. The van der Waals surface area contributed by atoms with Gasteiger partial charge in [-0.25, -0.2) is 4.39 Å². The molecule has 1 aromatic heterocycles. The lowest BCUT2D eigenvalue weighted by Gasteiger charge is -2.11. The van der Waals surface area contributed by atoms with E-state index in [2.05, 4.69) is 15.6 Å². The van der Waals surface area contributed by atoms with E-state index in [1.54, 1.807) is 0 Å². The largest absolute Gasteiger partial charge is 0.481 e. The third-order valence-corrected chi connectivity index (χ3v) is 7.25. The third kappa shape index (κ3) is 5.29. The first-order chi connectivity index (χ1) is 16.5. The number of alkyl halides is 2. The van der Waals surface area contributed by atoms with E-state index in [4.69, 9.17) is 62.7 Å². The summed E-state index contributed by atoms with van der Waals surface area (Å²) in [6.07, 6.45) is 0. The number of anilines is 2. The van der Waals surface area contributed by atoms with Crippen molar-refractivity contribution in [2.75, 3.05) is 17.7 Å². The van der Waals surface area contributed by atoms with Gasteiger partial charge in [-0.3, -0.25) is 9.59 Å². The molecule has 2 atom stereocenters. The van der Waals surface area contributed by atoms with Gasteiger partial charge in [-0.05, 0) is 42.0 Å². The van der Waals surface area contributed by atoms with E-state index in [0.717, 1.165) is 0 Å². The van der Waals surface area contributed by atoms with Crippen molar-refractivity contribution >= 4 is 81.2 Å². The minimum Gasteiger partial charge on any atom is -0.481 e. The van der Waals surface area contributed by atoms with Crippen molar-refractivity contribution in [2.24, 2.45) is 5.92 Å². The van der Waals surface area contributed by atoms with Gasteiger partial charge in [0.05, 0.1) is 34.3 Å². The van der Waals surface area contributed by atoms with E-state index in [-0.39, 0.29) is 38.0 Å². The summed E-state index contributed by atoms with van der Waals surface area (Å²) < 4.78 is 17.1. The van der Waals surface area contributed by atoms with E-state index in [9.17, 15) is 14.0 Å². The number of pyridine rings is 1. The quantitative estimate of drug-likeness (QED) is 0.245. The van der Waals surface area contributed by atoms with Crippen LogP contribution in [0.3, 0.4) is 0 Å². The Hall–Kier alpha value is -2.29. The number of halogens is 6. The highest BCUT2D eigenvalue weighted by Crippen LogP contribution is 2.65. The van der Waals surface area contributed by atoms with Crippen molar-refractivity contribution in [3.63, 3.8) is 0 Å². The number of rotatable bonds is 6. The molecule has 0 unspecified atom stereocenters. The van der Waals surface area contributed by atoms with Crippen molar-refractivity contribution in [1.82, 2.24) is 4.98 Å². The number of nitrogens with one attached hydrogen (secondary N) is 2. The molecule has 0 spiro atoms. The zero-order valence-electron chi connectivity index (χ0n) is 17.7. The maximum absolute atomic E-state index is 13.5. The van der Waals surface area contributed by atoms with Crippen molar-refractivity contribution in [2.45, 2.75) is 10.3 Å². The van der Waals surface area contributed by atoms with Crippen LogP contribution in [0.15, 0.2) is 48.5 Å². The number of carbonyl (C=O) groups excluding carboxylic acids is 2. The van der Waals surface area contributed by atoms with Crippen LogP contribution in [0, 0.1) is 11.7 Å². The topological polar surface area (TPSA) is 80.3 Å². The zero-order valence-corrected chi connectivity index (χ0v) is 21.5. The summed E-state index contributed by atoms with van der Waals surface area (Å²) in [6.45, 7) is 0. The molecule has 1 aliphatic rings. The summed E-state index contributed by atoms with van der Waals surface area (Å²) in [7, 11) is 1.44. The molecule has 1 fully saturated rings. The van der Waals surface area contributed by atoms with Crippen molar-refractivity contribution in [3.05, 3.63) is 80.7 Å². The number of ether oxygens (including phenoxy) is 1. The SMILES string of the molecule is COc1ccc(NC(=O)c2cc(NC(=O)[C@@H]3[C@@H](c4ccc(F)c(Cl)c4)C3(Cl)Cl)ccc2Cl)c(Cl)n1. The molecule has 1 heterocycles. The molecule has 2 aromatic carbocycles. The first-order valence-electron chi connectivity index (χ1n) is 9.98. The molecule has 2 amide bonds. The number of carbonyl (C=O) groups is 2. The molecule has 1 aliphatic carbocycles. The fourth-order valence-corrected chi connectivity index (χ4v) is 5.00. The lowest BCUT2D eigenvalue weighted by atomic mass is 10.1. The average molecular weight is 578 g/mol. The monoisotopic (exact) mass is 575 g/mol. The first-order valence-corrected chi connectivity index (χ1v) is 11.9. The molecule has 2 N–H and O–H groups in total. The fourth-order valence-electron chi connectivity index (χ4n) is 3.58. The second-order valence-electron chi connectivity index (χ2n) is 7.63. The lowest BCUT2D eigenvalue weighted by Crippen LogP contribution is -2.18. The van der Waals surface area contributed by atoms with Gasteiger partial charge in [0.2, 0.25) is 11.8 Å². The highest BCUT2D eigenvalue weighted by atomic mass is 35.5. The Labute approximate surface area is 224 Å². The molecule has 0 radical (unpaired) electrons. The zero-order chi connectivity index (χ0) is 25.5. The Morgan fingerprint density at radius 2 is 1.74 bits per heavy atom. The summed E-state index contributed by atoms with van der Waals surface area (Å²) in [5.41, 5.74) is 1.14. The molecule has 4 rings (SSSR count). The Morgan fingerprint density at radius 1 is 1.00 bits per heavy atom. The number of benzene rings is 2. The van der Waals surface area contributed by atoms with Crippen LogP contribution in [0.4, 0.5) is 15.8 Å². The van der Waals surface area contributed by atoms with Crippen LogP contribution in [-0.2, 0) is 4.79 Å². The number of hydrogen-bond acceptors (Lipinski definition) is 4. The Bertz CT molecular complexity index is 1340. The predicted molar refractivity (Wildman–Crippen MR) is 136 cm³/mol. The van der Waals surface area contributed by atoms with Crippen molar-refractivity contribution < 1.29 is 18.7 Å². The van der Waals surface area contributed by atoms with Crippen molar-refractivity contribution in [3.8, 4) is 5.88 Å². The van der Waals surface area contributed by atoms with Gasteiger partial charge in [-0.2, -0.15) is 4.98 Å². The summed E-state index contributed by atoms with van der Waals surface area (Å²) in [5.74, 6) is -2.80. The Kier molecular flexibility index (Phi) is 7.36. The Balaban J connectivity index is 1.50. The number of aromatic nitrogens is 1. The van der Waals surface area contributed by atoms with Gasteiger partial charge in [-0.1, -0.05) is 40.9 Å². The molecule has 0 saturated heterocycles. The van der Waals surface area contributed by atoms with Crippen LogP contribution >= 0.6 is 58.0 Å². The second kappa shape index (κ2) is 9.99. The molecule has 0 aliphatic heterocycles. The van der Waals surface area contributed by atoms with E-state index < -0.39 is 33.8 Å². The summed E-state index contributed by atoms with van der Waals surface area (Å²) >= 11 is 30.8. The van der Waals surface area contributed by atoms with Gasteiger partial charge in [0, 0.05) is 17.7 Å². The standard InChI is InChI=1S/C23H15Cl5FN3O3/c1-35-17-7-6-16(20(26)32-17)31-21(33)12-9-11(3-4-13(12)24)30-22(34)19-18(23(19,27)28)10-2-5-15(29)14(25)8-10/h2-9,18-19H,1H3,(H,30,34)(H,31,33)/t18-,19+/m1/s1. The van der Waals surface area contributed by atoms with Crippen LogP contribution in [0.2, 0.25) is 15.2 Å². The highest BCUT2D eigenvalue weighted by molar-refractivity contribution is 6.53. The average Bonchev–Trinajstić information content (AvgIpc) is 3.40. The maximum atomic E-state index is 13.5. The minimum absolute atomic E-state index is 0.0273. The second-order valence-corrected chi connectivity index (χ2v) is 10.3. The number of nitrogens with zero attached hydrogens (tertiary/aromatic N) is 1. The Morgan fingerprint density at radius 3 is 2.40 bits per heavy atom. The molecule has 0 bridgehead atoms. The van der Waals surface area contributed by atoms with Crippen LogP contribution in [-0.4, -0.2) is 28.2 Å². The predicted octanol–water partition coefficient (Wildman–Crippen LogP) is 6.97. The van der Waals surface area contributed by atoms with E-state index in [1.165, 1.54) is 55.6 Å². The first kappa shape index (κ1) is 25.8. The third-order valence-electron chi connectivity index (χ3n) is 5.40. The molecular formula is C23H15Cl5FN3O3. The fraction of sp³-hybridized carbons (Fsp3) is 0.174. The molecular weight excluding hydrogens is 563 g/mol. The maximum Gasteiger partial charge on any atom is 0.257 e. The molecule has 12 heteroatoms. The van der Waals surface area contributed by atoms with Gasteiger partial charge in [0.15, 0.2) is 5.15 Å². The molecule has 3 aromatic rings. The smallest absolute Gasteiger partial charge is 0.257 e. The van der Waals surface area contributed by atoms with E-state index >= 15 is 0 Å². The van der Waals surface area contributed by atoms with Gasteiger partial charge in [0.1, 0.15) is 10.2 Å².